The van der Waals surface area contributed by atoms with Crippen molar-refractivity contribution in [1.29, 1.82) is 0 Å². The lowest BCUT2D eigenvalue weighted by Crippen LogP contribution is -2.41. The van der Waals surface area contributed by atoms with Crippen LogP contribution in [-0.2, 0) is 10.0 Å². The van der Waals surface area contributed by atoms with Gasteiger partial charge in [0.25, 0.3) is 0 Å². The van der Waals surface area contributed by atoms with Gasteiger partial charge >= 0.3 is 0 Å². The van der Waals surface area contributed by atoms with Gasteiger partial charge in [0.05, 0.1) is 6.20 Å². The fraction of sp³-hybridized carbons (Fsp3) is 0.417. The smallest absolute Gasteiger partial charge is 0.247 e. The van der Waals surface area contributed by atoms with Gasteiger partial charge in [-0.2, -0.15) is 4.31 Å². The molecular formula is C12H14N4O4S. The first-order valence-electron chi connectivity index (χ1n) is 6.48. The molecular weight excluding hydrogens is 296 g/mol. The zero-order valence-corrected chi connectivity index (χ0v) is 11.9. The molecule has 0 N–H and O–H groups in total. The third-order valence-electron chi connectivity index (χ3n) is 3.29. The number of sulfonamides is 1. The Bertz CT molecular complexity index is 667. The van der Waals surface area contributed by atoms with Crippen molar-refractivity contribution in [3.8, 4) is 5.88 Å². The summed E-state index contributed by atoms with van der Waals surface area (Å²) in [7, 11) is -3.52. The topological polar surface area (TPSA) is 98.4 Å². The van der Waals surface area contributed by atoms with E-state index in [0.717, 1.165) is 6.26 Å². The molecule has 3 rings (SSSR count). The van der Waals surface area contributed by atoms with Crippen LogP contribution < -0.4 is 4.74 Å². The Hall–Kier alpha value is -2.00. The number of nitrogens with zero attached hydrogens (tertiary/aromatic N) is 4. The van der Waals surface area contributed by atoms with Gasteiger partial charge in [-0.1, -0.05) is 5.16 Å². The number of aromatic nitrogens is 3. The van der Waals surface area contributed by atoms with Crippen LogP contribution in [0.15, 0.2) is 40.5 Å². The van der Waals surface area contributed by atoms with E-state index >= 15 is 0 Å². The van der Waals surface area contributed by atoms with Crippen molar-refractivity contribution < 1.29 is 17.7 Å². The fourth-order valence-corrected chi connectivity index (χ4v) is 3.51. The Morgan fingerprint density at radius 2 is 2.14 bits per heavy atom. The van der Waals surface area contributed by atoms with Crippen molar-refractivity contribution in [3.63, 3.8) is 0 Å². The van der Waals surface area contributed by atoms with E-state index < -0.39 is 10.0 Å². The second kappa shape index (κ2) is 5.78. The standard InChI is InChI=1S/C12H14N4O4S/c17-21(18,11-7-15-19-8-11)16-5-2-10(3-6-16)20-12-1-4-13-9-14-12/h1,4,7-10H,2-3,5-6H2. The van der Waals surface area contributed by atoms with Crippen LogP contribution in [-0.4, -0.2) is 47.0 Å². The predicted octanol–water partition coefficient (Wildman–Crippen LogP) is 0.697. The Morgan fingerprint density at radius 1 is 1.33 bits per heavy atom. The van der Waals surface area contributed by atoms with E-state index in [0.29, 0.717) is 31.8 Å². The lowest BCUT2D eigenvalue weighted by atomic mass is 10.1. The molecule has 9 heteroatoms. The average molecular weight is 310 g/mol. The molecule has 3 heterocycles. The van der Waals surface area contributed by atoms with Crippen LogP contribution >= 0.6 is 0 Å². The molecule has 0 radical (unpaired) electrons. The van der Waals surface area contributed by atoms with Crippen LogP contribution in [0.1, 0.15) is 12.8 Å². The van der Waals surface area contributed by atoms with Gasteiger partial charge in [-0.15, -0.1) is 0 Å². The minimum Gasteiger partial charge on any atom is -0.474 e. The van der Waals surface area contributed by atoms with Crippen molar-refractivity contribution in [2.24, 2.45) is 0 Å². The van der Waals surface area contributed by atoms with E-state index in [4.69, 9.17) is 4.74 Å². The van der Waals surface area contributed by atoms with E-state index in [1.807, 2.05) is 0 Å². The second-order valence-corrected chi connectivity index (χ2v) is 6.57. The molecule has 112 valence electrons. The van der Waals surface area contributed by atoms with Crippen LogP contribution in [0.3, 0.4) is 0 Å². The zero-order valence-electron chi connectivity index (χ0n) is 11.1. The first-order valence-corrected chi connectivity index (χ1v) is 7.92. The second-order valence-electron chi connectivity index (χ2n) is 4.63. The number of piperidine rings is 1. The highest BCUT2D eigenvalue weighted by Crippen LogP contribution is 2.22. The van der Waals surface area contributed by atoms with Crippen molar-refractivity contribution in [2.75, 3.05) is 13.1 Å². The summed E-state index contributed by atoms with van der Waals surface area (Å²) in [6.45, 7) is 0.784. The molecule has 2 aromatic heterocycles. The summed E-state index contributed by atoms with van der Waals surface area (Å²) in [4.78, 5) is 7.89. The zero-order chi connectivity index (χ0) is 14.7. The molecule has 1 fully saturated rings. The van der Waals surface area contributed by atoms with Crippen LogP contribution in [0.2, 0.25) is 0 Å². The largest absolute Gasteiger partial charge is 0.474 e. The first kappa shape index (κ1) is 14.0. The molecule has 0 amide bonds. The van der Waals surface area contributed by atoms with Crippen molar-refractivity contribution >= 4 is 10.0 Å². The molecule has 2 aromatic rings. The van der Waals surface area contributed by atoms with Gasteiger partial charge in [-0.25, -0.2) is 18.4 Å². The normalized spacial score (nSPS) is 17.7. The number of rotatable bonds is 4. The van der Waals surface area contributed by atoms with Crippen molar-refractivity contribution in [1.82, 2.24) is 19.4 Å². The molecule has 0 atom stereocenters. The SMILES string of the molecule is O=S(=O)(c1cnoc1)N1CCC(Oc2ccncn2)CC1. The van der Waals surface area contributed by atoms with Crippen LogP contribution in [0, 0.1) is 0 Å². The van der Waals surface area contributed by atoms with Crippen molar-refractivity contribution in [3.05, 3.63) is 31.1 Å². The highest BCUT2D eigenvalue weighted by Gasteiger charge is 2.31. The van der Waals surface area contributed by atoms with Crippen LogP contribution in [0.5, 0.6) is 5.88 Å². The summed E-state index contributed by atoms with van der Waals surface area (Å²) in [5, 5.41) is 3.43. The Morgan fingerprint density at radius 3 is 2.76 bits per heavy atom. The highest BCUT2D eigenvalue weighted by molar-refractivity contribution is 7.89. The molecule has 0 saturated carbocycles. The van der Waals surface area contributed by atoms with E-state index in [1.165, 1.54) is 16.8 Å². The molecule has 1 saturated heterocycles. The summed E-state index contributed by atoms with van der Waals surface area (Å²) < 4.78 is 36.3. The molecule has 0 unspecified atom stereocenters. The lowest BCUT2D eigenvalue weighted by Gasteiger charge is -2.30. The van der Waals surface area contributed by atoms with E-state index in [1.54, 1.807) is 12.3 Å². The number of hydrogen-bond donors (Lipinski definition) is 0. The van der Waals surface area contributed by atoms with Gasteiger partial charge in [0.15, 0.2) is 0 Å². The quantitative estimate of drug-likeness (QED) is 0.819. The molecule has 21 heavy (non-hydrogen) atoms. The van der Waals surface area contributed by atoms with Crippen LogP contribution in [0.25, 0.3) is 0 Å². The summed E-state index contributed by atoms with van der Waals surface area (Å²) in [6.07, 6.45) is 6.53. The Kier molecular flexibility index (Phi) is 3.84. The maximum atomic E-state index is 12.3. The monoisotopic (exact) mass is 310 g/mol. The maximum Gasteiger partial charge on any atom is 0.247 e. The van der Waals surface area contributed by atoms with Crippen molar-refractivity contribution in [2.45, 2.75) is 23.8 Å². The summed E-state index contributed by atoms with van der Waals surface area (Å²) in [6, 6.07) is 1.68. The van der Waals surface area contributed by atoms with E-state index in [2.05, 4.69) is 19.6 Å². The van der Waals surface area contributed by atoms with E-state index in [9.17, 15) is 8.42 Å². The first-order chi connectivity index (χ1) is 10.2. The van der Waals surface area contributed by atoms with Gasteiger partial charge in [0.2, 0.25) is 15.9 Å². The number of ether oxygens (including phenoxy) is 1. The molecule has 0 aliphatic carbocycles. The Labute approximate surface area is 121 Å². The summed E-state index contributed by atoms with van der Waals surface area (Å²) >= 11 is 0. The van der Waals surface area contributed by atoms with Gasteiger partial charge < -0.3 is 9.26 Å². The summed E-state index contributed by atoms with van der Waals surface area (Å²) in [5.74, 6) is 0.505. The predicted molar refractivity (Wildman–Crippen MR) is 70.9 cm³/mol. The third kappa shape index (κ3) is 3.03. The van der Waals surface area contributed by atoms with E-state index in [-0.39, 0.29) is 11.0 Å². The molecule has 8 nitrogen and oxygen atoms in total. The molecule has 0 spiro atoms. The van der Waals surface area contributed by atoms with Gasteiger partial charge in [-0.3, -0.25) is 0 Å². The molecule has 0 bridgehead atoms. The molecule has 1 aliphatic heterocycles. The van der Waals surface area contributed by atoms with Crippen LogP contribution in [0.4, 0.5) is 0 Å². The van der Waals surface area contributed by atoms with Gasteiger partial charge in [0.1, 0.15) is 23.6 Å². The number of hydrogen-bond acceptors (Lipinski definition) is 7. The maximum absolute atomic E-state index is 12.3. The summed E-state index contributed by atoms with van der Waals surface area (Å²) in [5.41, 5.74) is 0. The average Bonchev–Trinajstić information content (AvgIpc) is 3.04. The van der Waals surface area contributed by atoms with Gasteiger partial charge in [0, 0.05) is 25.4 Å². The minimum absolute atomic E-state index is 0.0474. The minimum atomic E-state index is -3.52. The lowest BCUT2D eigenvalue weighted by molar-refractivity contribution is 0.129. The fourth-order valence-electron chi connectivity index (χ4n) is 2.18. The highest BCUT2D eigenvalue weighted by atomic mass is 32.2. The Balaban J connectivity index is 1.61. The van der Waals surface area contributed by atoms with Gasteiger partial charge in [-0.05, 0) is 12.8 Å². The molecule has 1 aliphatic rings. The third-order valence-corrected chi connectivity index (χ3v) is 5.13. The molecule has 0 aromatic carbocycles.